The van der Waals surface area contributed by atoms with Gasteiger partial charge in [-0.2, -0.15) is 13.8 Å². The van der Waals surface area contributed by atoms with E-state index in [2.05, 4.69) is 9.72 Å². The zero-order chi connectivity index (χ0) is 25.1. The zero-order valence-corrected chi connectivity index (χ0v) is 19.3. The van der Waals surface area contributed by atoms with Crippen molar-refractivity contribution in [2.75, 3.05) is 6.61 Å². The third-order valence-electron chi connectivity index (χ3n) is 5.23. The predicted molar refractivity (Wildman–Crippen MR) is 125 cm³/mol. The van der Waals surface area contributed by atoms with Crippen molar-refractivity contribution in [2.24, 2.45) is 7.05 Å². The molecule has 0 radical (unpaired) electrons. The van der Waals surface area contributed by atoms with Gasteiger partial charge in [0.15, 0.2) is 11.2 Å². The van der Waals surface area contributed by atoms with Crippen molar-refractivity contribution in [3.05, 3.63) is 80.0 Å². The Bertz CT molecular complexity index is 1460. The number of halogens is 3. The topological polar surface area (TPSA) is 101 Å². The normalized spacial score (nSPS) is 11.4. The van der Waals surface area contributed by atoms with Crippen LogP contribution in [-0.4, -0.2) is 37.0 Å². The molecule has 0 atom stereocenters. The van der Waals surface area contributed by atoms with Gasteiger partial charge in [-0.15, -0.1) is 0 Å². The van der Waals surface area contributed by atoms with Crippen LogP contribution in [0.3, 0.4) is 0 Å². The molecule has 0 spiro atoms. The maximum atomic E-state index is 13.3. The Morgan fingerprint density at radius 3 is 2.49 bits per heavy atom. The monoisotopic (exact) mass is 506 g/mol. The molecule has 2 heterocycles. The molecular weight excluding hydrogens is 486 g/mol. The lowest BCUT2D eigenvalue weighted by atomic mass is 10.2. The maximum absolute atomic E-state index is 13.3. The number of aryl methyl sites for hydroxylation is 1. The first-order valence-electron chi connectivity index (χ1n) is 10.6. The van der Waals surface area contributed by atoms with E-state index in [1.165, 1.54) is 40.4 Å². The third-order valence-corrected chi connectivity index (χ3v) is 5.48. The molecule has 0 aliphatic heterocycles. The molecule has 2 aromatic carbocycles. The molecule has 4 rings (SSSR count). The average Bonchev–Trinajstić information content (AvgIpc) is 3.17. The predicted octanol–water partition coefficient (Wildman–Crippen LogP) is 3.37. The maximum Gasteiger partial charge on any atom is 0.387 e. The van der Waals surface area contributed by atoms with Gasteiger partial charge in [-0.05, 0) is 36.2 Å². The molecule has 0 fully saturated rings. The first kappa shape index (κ1) is 24.4. The van der Waals surface area contributed by atoms with Gasteiger partial charge in [0.25, 0.3) is 5.56 Å². The molecule has 0 unspecified atom stereocenters. The number of aliphatic hydroxyl groups is 1. The zero-order valence-electron chi connectivity index (χ0n) is 18.5. The second-order valence-corrected chi connectivity index (χ2v) is 8.05. The molecule has 0 aliphatic rings. The highest BCUT2D eigenvalue weighted by Gasteiger charge is 2.22. The van der Waals surface area contributed by atoms with Gasteiger partial charge in [-0.25, -0.2) is 4.79 Å². The van der Waals surface area contributed by atoms with Gasteiger partial charge >= 0.3 is 18.3 Å². The lowest BCUT2D eigenvalue weighted by molar-refractivity contribution is -0.0499. The quantitative estimate of drug-likeness (QED) is 0.373. The van der Waals surface area contributed by atoms with Gasteiger partial charge in [0.2, 0.25) is 0 Å². The summed E-state index contributed by atoms with van der Waals surface area (Å²) in [5.74, 6) is 0.0260. The summed E-state index contributed by atoms with van der Waals surface area (Å²) in [5, 5.41) is 9.71. The van der Waals surface area contributed by atoms with Crippen LogP contribution < -0.4 is 20.7 Å². The van der Waals surface area contributed by atoms with E-state index in [1.807, 2.05) is 0 Å². The molecule has 2 aromatic heterocycles. The van der Waals surface area contributed by atoms with Gasteiger partial charge < -0.3 is 14.6 Å². The summed E-state index contributed by atoms with van der Waals surface area (Å²) in [5.41, 5.74) is -0.226. The van der Waals surface area contributed by atoms with Crippen LogP contribution in [0.2, 0.25) is 5.02 Å². The van der Waals surface area contributed by atoms with Gasteiger partial charge in [0.1, 0.15) is 11.5 Å². The molecule has 9 nitrogen and oxygen atoms in total. The molecule has 0 bridgehead atoms. The third kappa shape index (κ3) is 5.20. The Balaban J connectivity index is 1.88. The molecule has 184 valence electrons. The van der Waals surface area contributed by atoms with E-state index < -0.39 is 17.9 Å². The number of hydrogen-bond acceptors (Lipinski definition) is 6. The van der Waals surface area contributed by atoms with E-state index >= 15 is 0 Å². The highest BCUT2D eigenvalue weighted by Crippen LogP contribution is 2.28. The molecule has 4 aromatic rings. The summed E-state index contributed by atoms with van der Waals surface area (Å²) < 4.78 is 39.3. The number of hydrogen-bond donors (Lipinski definition) is 1. The van der Waals surface area contributed by atoms with E-state index in [4.69, 9.17) is 16.3 Å². The summed E-state index contributed by atoms with van der Waals surface area (Å²) in [7, 11) is 1.47. The van der Waals surface area contributed by atoms with E-state index in [0.717, 1.165) is 10.1 Å². The van der Waals surface area contributed by atoms with Crippen LogP contribution in [0.1, 0.15) is 12.0 Å². The van der Waals surface area contributed by atoms with E-state index in [-0.39, 0.29) is 54.8 Å². The highest BCUT2D eigenvalue weighted by atomic mass is 35.5. The molecule has 0 aliphatic carbocycles. The van der Waals surface area contributed by atoms with Crippen molar-refractivity contribution in [3.63, 3.8) is 0 Å². The molecular formula is C23H21ClF2N4O5. The van der Waals surface area contributed by atoms with Gasteiger partial charge in [-0.1, -0.05) is 29.8 Å². The van der Waals surface area contributed by atoms with Crippen molar-refractivity contribution < 1.29 is 23.4 Å². The minimum atomic E-state index is -3.01. The van der Waals surface area contributed by atoms with Gasteiger partial charge in [0.05, 0.1) is 6.54 Å². The number of aromatic nitrogens is 4. The Labute approximate surface area is 202 Å². The van der Waals surface area contributed by atoms with E-state index in [1.54, 1.807) is 24.3 Å². The summed E-state index contributed by atoms with van der Waals surface area (Å²) in [6.45, 7) is -3.04. The highest BCUT2D eigenvalue weighted by molar-refractivity contribution is 6.30. The van der Waals surface area contributed by atoms with Crippen LogP contribution in [0.25, 0.3) is 11.2 Å². The first-order valence-corrected chi connectivity index (χ1v) is 10.9. The van der Waals surface area contributed by atoms with Crippen molar-refractivity contribution in [2.45, 2.75) is 26.1 Å². The van der Waals surface area contributed by atoms with Gasteiger partial charge in [0, 0.05) is 31.3 Å². The largest absolute Gasteiger partial charge is 0.435 e. The molecule has 0 saturated carbocycles. The van der Waals surface area contributed by atoms with Crippen LogP contribution in [0.15, 0.2) is 58.1 Å². The lowest BCUT2D eigenvalue weighted by Crippen LogP contribution is -2.39. The number of rotatable bonds is 9. The fraction of sp³-hybridized carbons (Fsp3) is 0.261. The molecule has 35 heavy (non-hydrogen) atoms. The second kappa shape index (κ2) is 10.3. The number of alkyl halides is 2. The number of imidazole rings is 1. The van der Waals surface area contributed by atoms with Crippen LogP contribution in [0, 0.1) is 0 Å². The fourth-order valence-corrected chi connectivity index (χ4v) is 3.72. The SMILES string of the molecule is Cn1c(=O)n(CCCO)c(=O)c2c1nc(Oc1cccc(OC(F)F)c1)n2Cc1ccc(Cl)cc1. The average molecular weight is 507 g/mol. The van der Waals surface area contributed by atoms with Crippen LogP contribution in [0.5, 0.6) is 17.5 Å². The second-order valence-electron chi connectivity index (χ2n) is 7.61. The van der Waals surface area contributed by atoms with Gasteiger partial charge in [-0.3, -0.25) is 18.5 Å². The Morgan fingerprint density at radius 2 is 1.80 bits per heavy atom. The standard InChI is InChI=1S/C23H21ClF2N4O5/c1-28-19-18(20(32)29(23(28)33)10-3-11-31)30(13-14-6-8-15(24)9-7-14)22(27-19)35-17-5-2-4-16(12-17)34-21(25)26/h2,4-9,12,21,31H,3,10-11,13H2,1H3. The van der Waals surface area contributed by atoms with Crippen molar-refractivity contribution in [3.8, 4) is 17.5 Å². The minimum Gasteiger partial charge on any atom is -0.435 e. The van der Waals surface area contributed by atoms with Crippen LogP contribution in [0.4, 0.5) is 8.78 Å². The molecule has 0 amide bonds. The molecule has 1 N–H and O–H groups in total. The number of ether oxygens (including phenoxy) is 2. The Hall–Kier alpha value is -3.70. The van der Waals surface area contributed by atoms with E-state index in [0.29, 0.717) is 5.02 Å². The molecule has 12 heteroatoms. The number of benzene rings is 2. The van der Waals surface area contributed by atoms with E-state index in [9.17, 15) is 23.5 Å². The summed E-state index contributed by atoms with van der Waals surface area (Å²) in [6, 6.07) is 12.5. The van der Waals surface area contributed by atoms with Crippen molar-refractivity contribution in [1.82, 2.24) is 18.7 Å². The smallest absolute Gasteiger partial charge is 0.387 e. The van der Waals surface area contributed by atoms with Crippen molar-refractivity contribution >= 4 is 22.8 Å². The number of fused-ring (bicyclic) bond motifs is 1. The lowest BCUT2D eigenvalue weighted by Gasteiger charge is -2.12. The summed E-state index contributed by atoms with van der Waals surface area (Å²) in [6.07, 6.45) is 0.215. The Morgan fingerprint density at radius 1 is 1.09 bits per heavy atom. The Kier molecular flexibility index (Phi) is 7.17. The first-order chi connectivity index (χ1) is 16.8. The van der Waals surface area contributed by atoms with Crippen LogP contribution >= 0.6 is 11.6 Å². The number of aliphatic hydroxyl groups excluding tert-OH is 1. The summed E-state index contributed by atoms with van der Waals surface area (Å²) in [4.78, 5) is 30.5. The van der Waals surface area contributed by atoms with Crippen LogP contribution in [-0.2, 0) is 20.1 Å². The molecule has 0 saturated heterocycles. The summed E-state index contributed by atoms with van der Waals surface area (Å²) >= 11 is 5.99. The minimum absolute atomic E-state index is 0.0211. The number of nitrogens with zero attached hydrogens (tertiary/aromatic N) is 4. The van der Waals surface area contributed by atoms with Crippen molar-refractivity contribution in [1.29, 1.82) is 0 Å². The fourth-order valence-electron chi connectivity index (χ4n) is 3.59.